The molecular weight excluding hydrogens is 264 g/mol. The van der Waals surface area contributed by atoms with E-state index in [4.69, 9.17) is 0 Å². The molecule has 1 aromatic rings. The summed E-state index contributed by atoms with van der Waals surface area (Å²) in [5.74, 6) is 0.230. The monoisotopic (exact) mass is 288 g/mol. The molecule has 114 valence electrons. The minimum absolute atomic E-state index is 0.00325. The third-order valence-corrected chi connectivity index (χ3v) is 2.89. The Bertz CT molecular complexity index is 516. The molecule has 4 heteroatoms. The van der Waals surface area contributed by atoms with Crippen molar-refractivity contribution in [1.29, 1.82) is 0 Å². The molecule has 2 N–H and O–H groups in total. The van der Waals surface area contributed by atoms with Crippen LogP contribution in [0.1, 0.15) is 40.5 Å². The Morgan fingerprint density at radius 1 is 1.10 bits per heavy atom. The van der Waals surface area contributed by atoms with Gasteiger partial charge in [-0.15, -0.1) is 0 Å². The summed E-state index contributed by atoms with van der Waals surface area (Å²) in [7, 11) is 0. The minimum atomic E-state index is -0.103. The molecule has 0 atom stereocenters. The van der Waals surface area contributed by atoms with E-state index in [1.54, 1.807) is 31.2 Å². The molecule has 0 heterocycles. The van der Waals surface area contributed by atoms with Crippen molar-refractivity contribution in [3.8, 4) is 0 Å². The van der Waals surface area contributed by atoms with E-state index < -0.39 is 0 Å². The number of allylic oxidation sites excluding steroid dienone is 1. The van der Waals surface area contributed by atoms with Crippen molar-refractivity contribution in [3.05, 3.63) is 35.9 Å². The fraction of sp³-hybridized carbons (Fsp3) is 0.412. The second kappa shape index (κ2) is 8.25. The van der Waals surface area contributed by atoms with Gasteiger partial charge in [0.25, 0.3) is 5.91 Å². The van der Waals surface area contributed by atoms with Crippen LogP contribution in [0.5, 0.6) is 0 Å². The molecule has 21 heavy (non-hydrogen) atoms. The van der Waals surface area contributed by atoms with Crippen molar-refractivity contribution < 1.29 is 9.59 Å². The number of benzene rings is 1. The van der Waals surface area contributed by atoms with Gasteiger partial charge in [0.2, 0.25) is 5.91 Å². The predicted octanol–water partition coefficient (Wildman–Crippen LogP) is 3.97. The quantitative estimate of drug-likeness (QED) is 0.778. The molecule has 0 aromatic heterocycles. The average Bonchev–Trinajstić information content (AvgIpc) is 2.40. The smallest absolute Gasteiger partial charge is 0.250 e. The number of anilines is 2. The van der Waals surface area contributed by atoms with E-state index in [2.05, 4.69) is 10.6 Å². The summed E-state index contributed by atoms with van der Waals surface area (Å²) < 4.78 is 0. The van der Waals surface area contributed by atoms with Gasteiger partial charge in [-0.2, -0.15) is 0 Å². The summed E-state index contributed by atoms with van der Waals surface area (Å²) in [5.41, 5.74) is 2.15. The van der Waals surface area contributed by atoms with Crippen molar-refractivity contribution in [2.45, 2.75) is 40.5 Å². The Hall–Kier alpha value is -2.10. The highest BCUT2D eigenvalue weighted by atomic mass is 16.2. The van der Waals surface area contributed by atoms with E-state index in [0.29, 0.717) is 23.6 Å². The van der Waals surface area contributed by atoms with E-state index in [9.17, 15) is 9.59 Å². The molecule has 0 saturated heterocycles. The molecule has 0 radical (unpaired) electrons. The standard InChI is InChI=1S/C17H24N2O2/c1-5-6-13(4)17(21)19-15-9-7-14(8-10-15)18-16(20)11-12(2)3/h6-10,12H,5,11H2,1-4H3,(H,18,20)(H,19,21). The summed E-state index contributed by atoms with van der Waals surface area (Å²) in [6.45, 7) is 7.79. The Morgan fingerprint density at radius 2 is 1.62 bits per heavy atom. The van der Waals surface area contributed by atoms with Crippen LogP contribution in [0, 0.1) is 5.92 Å². The van der Waals surface area contributed by atoms with Crippen LogP contribution in [0.15, 0.2) is 35.9 Å². The maximum Gasteiger partial charge on any atom is 0.250 e. The molecule has 0 unspecified atom stereocenters. The van der Waals surface area contributed by atoms with Gasteiger partial charge in [-0.1, -0.05) is 26.8 Å². The van der Waals surface area contributed by atoms with Gasteiger partial charge < -0.3 is 10.6 Å². The van der Waals surface area contributed by atoms with Crippen LogP contribution < -0.4 is 10.6 Å². The van der Waals surface area contributed by atoms with E-state index in [-0.39, 0.29) is 11.8 Å². The maximum absolute atomic E-state index is 11.8. The lowest BCUT2D eigenvalue weighted by atomic mass is 10.1. The minimum Gasteiger partial charge on any atom is -0.326 e. The summed E-state index contributed by atoms with van der Waals surface area (Å²) in [6, 6.07) is 7.13. The fourth-order valence-electron chi connectivity index (χ4n) is 1.85. The molecule has 2 amide bonds. The van der Waals surface area contributed by atoms with Gasteiger partial charge in [0, 0.05) is 23.4 Å². The first-order chi connectivity index (χ1) is 9.92. The number of hydrogen-bond acceptors (Lipinski definition) is 2. The number of carbonyl (C=O) groups is 2. The Labute approximate surface area is 126 Å². The summed E-state index contributed by atoms with van der Waals surface area (Å²) in [4.78, 5) is 23.5. The Kier molecular flexibility index (Phi) is 6.66. The van der Waals surface area contributed by atoms with Gasteiger partial charge in [0.05, 0.1) is 0 Å². The zero-order chi connectivity index (χ0) is 15.8. The van der Waals surface area contributed by atoms with Gasteiger partial charge in [0.1, 0.15) is 0 Å². The molecule has 0 aliphatic rings. The van der Waals surface area contributed by atoms with Crippen molar-refractivity contribution in [2.24, 2.45) is 5.92 Å². The van der Waals surface area contributed by atoms with E-state index in [1.807, 2.05) is 26.8 Å². The highest BCUT2D eigenvalue weighted by Crippen LogP contribution is 2.15. The van der Waals surface area contributed by atoms with Gasteiger partial charge in [0.15, 0.2) is 0 Å². The predicted molar refractivity (Wildman–Crippen MR) is 87.2 cm³/mol. The summed E-state index contributed by atoms with van der Waals surface area (Å²) in [5, 5.41) is 5.65. The molecule has 0 fully saturated rings. The molecule has 0 bridgehead atoms. The molecular formula is C17H24N2O2. The van der Waals surface area contributed by atoms with Crippen LogP contribution in [0.2, 0.25) is 0 Å². The summed E-state index contributed by atoms with van der Waals surface area (Å²) in [6.07, 6.45) is 3.22. The number of nitrogens with one attached hydrogen (secondary N) is 2. The largest absolute Gasteiger partial charge is 0.326 e. The molecule has 1 aromatic carbocycles. The lowest BCUT2D eigenvalue weighted by Gasteiger charge is -2.09. The topological polar surface area (TPSA) is 58.2 Å². The van der Waals surface area contributed by atoms with E-state index in [0.717, 1.165) is 12.1 Å². The van der Waals surface area contributed by atoms with Crippen LogP contribution in [-0.2, 0) is 9.59 Å². The second-order valence-corrected chi connectivity index (χ2v) is 5.47. The normalized spacial score (nSPS) is 11.4. The van der Waals surface area contributed by atoms with E-state index >= 15 is 0 Å². The van der Waals surface area contributed by atoms with Crippen LogP contribution in [0.3, 0.4) is 0 Å². The third-order valence-electron chi connectivity index (χ3n) is 2.89. The fourth-order valence-corrected chi connectivity index (χ4v) is 1.85. The Balaban J connectivity index is 2.60. The number of carbonyl (C=O) groups excluding carboxylic acids is 2. The van der Waals surface area contributed by atoms with Crippen LogP contribution in [-0.4, -0.2) is 11.8 Å². The number of rotatable bonds is 6. The first-order valence-corrected chi connectivity index (χ1v) is 7.30. The Morgan fingerprint density at radius 3 is 2.10 bits per heavy atom. The highest BCUT2D eigenvalue weighted by Gasteiger charge is 2.06. The van der Waals surface area contributed by atoms with Gasteiger partial charge in [-0.3, -0.25) is 9.59 Å². The third kappa shape index (κ3) is 6.25. The van der Waals surface area contributed by atoms with Crippen molar-refractivity contribution in [1.82, 2.24) is 0 Å². The first kappa shape index (κ1) is 17.0. The van der Waals surface area contributed by atoms with E-state index in [1.165, 1.54) is 0 Å². The lowest BCUT2D eigenvalue weighted by Crippen LogP contribution is -2.14. The number of amides is 2. The lowest BCUT2D eigenvalue weighted by molar-refractivity contribution is -0.117. The van der Waals surface area contributed by atoms with Gasteiger partial charge in [-0.05, 0) is 43.5 Å². The van der Waals surface area contributed by atoms with Crippen molar-refractivity contribution in [2.75, 3.05) is 10.6 Å². The molecule has 0 saturated carbocycles. The molecule has 0 aliphatic heterocycles. The van der Waals surface area contributed by atoms with Crippen molar-refractivity contribution >= 4 is 23.2 Å². The SMILES string of the molecule is CCC=C(C)C(=O)Nc1ccc(NC(=O)CC(C)C)cc1. The number of hydrogen-bond donors (Lipinski definition) is 2. The second-order valence-electron chi connectivity index (χ2n) is 5.47. The molecule has 0 aliphatic carbocycles. The highest BCUT2D eigenvalue weighted by molar-refractivity contribution is 6.03. The average molecular weight is 288 g/mol. The first-order valence-electron chi connectivity index (χ1n) is 7.30. The zero-order valence-electron chi connectivity index (χ0n) is 13.2. The molecule has 1 rings (SSSR count). The van der Waals surface area contributed by atoms with Gasteiger partial charge >= 0.3 is 0 Å². The maximum atomic E-state index is 11.8. The van der Waals surface area contributed by atoms with Crippen LogP contribution in [0.25, 0.3) is 0 Å². The van der Waals surface area contributed by atoms with Crippen LogP contribution in [0.4, 0.5) is 11.4 Å². The van der Waals surface area contributed by atoms with Crippen molar-refractivity contribution in [3.63, 3.8) is 0 Å². The molecule has 4 nitrogen and oxygen atoms in total. The molecule has 0 spiro atoms. The van der Waals surface area contributed by atoms with Crippen LogP contribution >= 0.6 is 0 Å². The van der Waals surface area contributed by atoms with Gasteiger partial charge in [-0.25, -0.2) is 0 Å². The summed E-state index contributed by atoms with van der Waals surface area (Å²) >= 11 is 0. The zero-order valence-corrected chi connectivity index (χ0v) is 13.2.